The lowest BCUT2D eigenvalue weighted by molar-refractivity contribution is 0.0782. The third-order valence-electron chi connectivity index (χ3n) is 4.84. The highest BCUT2D eigenvalue weighted by molar-refractivity contribution is 6.37. The van der Waals surface area contributed by atoms with Gasteiger partial charge in [-0.2, -0.15) is 0 Å². The number of hydrogen-bond acceptors (Lipinski definition) is 5. The zero-order valence-corrected chi connectivity index (χ0v) is 17.9. The van der Waals surface area contributed by atoms with Gasteiger partial charge >= 0.3 is 0 Å². The van der Waals surface area contributed by atoms with Crippen LogP contribution in [0.1, 0.15) is 27.3 Å². The van der Waals surface area contributed by atoms with Gasteiger partial charge in [-0.1, -0.05) is 23.2 Å². The second-order valence-electron chi connectivity index (χ2n) is 7.11. The molecule has 8 nitrogen and oxygen atoms in total. The Hall–Kier alpha value is -3.24. The molecule has 1 fully saturated rings. The Labute approximate surface area is 190 Å². The molecule has 0 aliphatic carbocycles. The lowest BCUT2D eigenvalue weighted by atomic mass is 10.2. The summed E-state index contributed by atoms with van der Waals surface area (Å²) in [7, 11) is 0. The van der Waals surface area contributed by atoms with E-state index >= 15 is 0 Å². The number of rotatable bonds is 5. The highest BCUT2D eigenvalue weighted by Gasteiger charge is 2.26. The van der Waals surface area contributed by atoms with E-state index in [2.05, 4.69) is 15.5 Å². The molecule has 1 aliphatic heterocycles. The summed E-state index contributed by atoms with van der Waals surface area (Å²) in [5.74, 6) is -1.77. The minimum Gasteiger partial charge on any atom is -0.364 e. The van der Waals surface area contributed by atoms with Crippen LogP contribution in [0.3, 0.4) is 0 Å². The number of alkyl halides is 1. The predicted octanol–water partition coefficient (Wildman–Crippen LogP) is 3.74. The van der Waals surface area contributed by atoms with Gasteiger partial charge in [-0.15, -0.1) is 15.0 Å². The smallest absolute Gasteiger partial charge is 0.273 e. The summed E-state index contributed by atoms with van der Waals surface area (Å²) >= 11 is 12.1. The van der Waals surface area contributed by atoms with Crippen LogP contribution in [0.5, 0.6) is 0 Å². The number of hydrogen-bond donors (Lipinski definition) is 2. The van der Waals surface area contributed by atoms with Crippen LogP contribution in [0.2, 0.25) is 10.0 Å². The van der Waals surface area contributed by atoms with Gasteiger partial charge in [0.1, 0.15) is 17.7 Å². The van der Waals surface area contributed by atoms with Gasteiger partial charge in [0.05, 0.1) is 16.6 Å². The Morgan fingerprint density at radius 3 is 2.34 bits per heavy atom. The first-order valence-corrected chi connectivity index (χ1v) is 10.2. The third-order valence-corrected chi connectivity index (χ3v) is 5.42. The molecular formula is C20H16Cl2F2N6O2. The number of amides is 2. The molecule has 0 spiro atoms. The van der Waals surface area contributed by atoms with E-state index < -0.39 is 17.9 Å². The number of nitrogens with one attached hydrogen (secondary N) is 1. The summed E-state index contributed by atoms with van der Waals surface area (Å²) in [4.78, 5) is 26.7. The van der Waals surface area contributed by atoms with Crippen LogP contribution < -0.4 is 11.1 Å². The van der Waals surface area contributed by atoms with Crippen LogP contribution in [0.15, 0.2) is 36.4 Å². The topological polar surface area (TPSA) is 106 Å². The van der Waals surface area contributed by atoms with Crippen LogP contribution >= 0.6 is 23.2 Å². The Balaban J connectivity index is 1.59. The average Bonchev–Trinajstić information content (AvgIpc) is 3.34. The van der Waals surface area contributed by atoms with Gasteiger partial charge in [0.15, 0.2) is 11.5 Å². The van der Waals surface area contributed by atoms with Gasteiger partial charge in [-0.3, -0.25) is 9.59 Å². The maximum absolute atomic E-state index is 13.5. The molecule has 2 amide bonds. The van der Waals surface area contributed by atoms with Crippen molar-refractivity contribution in [2.45, 2.75) is 12.6 Å². The number of nitrogens with two attached hydrogens (primary N) is 1. The largest absolute Gasteiger partial charge is 0.364 e. The average molecular weight is 481 g/mol. The molecule has 1 atom stereocenters. The Morgan fingerprint density at radius 1 is 1.12 bits per heavy atom. The molecule has 3 N–H and O–H groups in total. The highest BCUT2D eigenvalue weighted by atomic mass is 35.5. The Morgan fingerprint density at radius 2 is 1.78 bits per heavy atom. The van der Waals surface area contributed by atoms with Crippen molar-refractivity contribution in [3.05, 3.63) is 63.5 Å². The molecule has 0 saturated carbocycles. The van der Waals surface area contributed by atoms with Crippen LogP contribution in [-0.2, 0) is 0 Å². The van der Waals surface area contributed by atoms with Gasteiger partial charge < -0.3 is 16.0 Å². The first kappa shape index (κ1) is 22.0. The number of nitrogens with zero attached hydrogens (tertiary/aromatic N) is 4. The van der Waals surface area contributed by atoms with Crippen molar-refractivity contribution in [3.63, 3.8) is 0 Å². The molecule has 2 aromatic carbocycles. The van der Waals surface area contributed by atoms with Crippen molar-refractivity contribution in [2.24, 2.45) is 5.73 Å². The van der Waals surface area contributed by atoms with E-state index in [1.807, 2.05) is 0 Å². The SMILES string of the molecule is NC(=O)c1nn(-c2c(Cl)cc(F)cc2Cl)nc1Nc1ccc(C(=O)N2CC[C@@H](F)C2)cc1. The van der Waals surface area contributed by atoms with Gasteiger partial charge in [-0.25, -0.2) is 8.78 Å². The lowest BCUT2D eigenvalue weighted by Crippen LogP contribution is -2.28. The maximum Gasteiger partial charge on any atom is 0.273 e. The lowest BCUT2D eigenvalue weighted by Gasteiger charge is -2.15. The van der Waals surface area contributed by atoms with E-state index in [0.29, 0.717) is 24.2 Å². The Bertz CT molecular complexity index is 1180. The molecule has 1 aromatic heterocycles. The van der Waals surface area contributed by atoms with E-state index in [-0.39, 0.29) is 39.7 Å². The molecule has 0 bridgehead atoms. The molecule has 32 heavy (non-hydrogen) atoms. The van der Waals surface area contributed by atoms with Crippen molar-refractivity contribution in [1.82, 2.24) is 19.9 Å². The normalized spacial score (nSPS) is 15.8. The molecule has 12 heteroatoms. The minimum atomic E-state index is -1.00. The number of primary amides is 1. The second kappa shape index (κ2) is 8.71. The zero-order valence-electron chi connectivity index (χ0n) is 16.4. The van der Waals surface area contributed by atoms with E-state index in [0.717, 1.165) is 16.9 Å². The van der Waals surface area contributed by atoms with Gasteiger partial charge in [0, 0.05) is 17.8 Å². The highest BCUT2D eigenvalue weighted by Crippen LogP contribution is 2.30. The summed E-state index contributed by atoms with van der Waals surface area (Å²) < 4.78 is 26.8. The molecule has 1 saturated heterocycles. The number of carbonyl (C=O) groups excluding carboxylic acids is 2. The summed E-state index contributed by atoms with van der Waals surface area (Å²) in [5, 5.41) is 10.9. The molecule has 0 radical (unpaired) electrons. The summed E-state index contributed by atoms with van der Waals surface area (Å²) in [5.41, 5.74) is 6.15. The number of likely N-dealkylation sites (tertiary alicyclic amines) is 1. The number of benzene rings is 2. The molecule has 2 heterocycles. The predicted molar refractivity (Wildman–Crippen MR) is 115 cm³/mol. The third kappa shape index (κ3) is 4.37. The number of carbonyl (C=O) groups is 2. The van der Waals surface area contributed by atoms with E-state index in [1.165, 1.54) is 4.90 Å². The quantitative estimate of drug-likeness (QED) is 0.578. The first-order valence-electron chi connectivity index (χ1n) is 9.45. The second-order valence-corrected chi connectivity index (χ2v) is 7.92. The van der Waals surface area contributed by atoms with Crippen molar-refractivity contribution in [3.8, 4) is 5.69 Å². The molecular weight excluding hydrogens is 465 g/mol. The fourth-order valence-corrected chi connectivity index (χ4v) is 3.91. The monoisotopic (exact) mass is 480 g/mol. The zero-order chi connectivity index (χ0) is 23.0. The number of aromatic nitrogens is 3. The molecule has 4 rings (SSSR count). The first-order chi connectivity index (χ1) is 15.2. The maximum atomic E-state index is 13.5. The standard InChI is InChI=1S/C20H16Cl2F2N6O2/c21-14-7-12(24)8-15(22)17(14)30-27-16(18(25)31)19(28-30)26-13-3-1-10(2-4-13)20(32)29-6-5-11(23)9-29/h1-4,7-8,11H,5-6,9H2,(H2,25,31)(H,26,28)/t11-/m1/s1. The number of anilines is 2. The van der Waals surface area contributed by atoms with Crippen LogP contribution in [0.25, 0.3) is 5.69 Å². The van der Waals surface area contributed by atoms with E-state index in [4.69, 9.17) is 28.9 Å². The van der Waals surface area contributed by atoms with Crippen LogP contribution in [0.4, 0.5) is 20.3 Å². The van der Waals surface area contributed by atoms with Crippen molar-refractivity contribution < 1.29 is 18.4 Å². The van der Waals surface area contributed by atoms with Crippen molar-refractivity contribution >= 4 is 46.5 Å². The molecule has 0 unspecified atom stereocenters. The fourth-order valence-electron chi connectivity index (χ4n) is 3.30. The van der Waals surface area contributed by atoms with E-state index in [1.54, 1.807) is 24.3 Å². The molecule has 3 aromatic rings. The van der Waals surface area contributed by atoms with Crippen LogP contribution in [0, 0.1) is 5.82 Å². The molecule has 166 valence electrons. The van der Waals surface area contributed by atoms with E-state index in [9.17, 15) is 18.4 Å². The summed E-state index contributed by atoms with van der Waals surface area (Å²) in [6, 6.07) is 8.39. The van der Waals surface area contributed by atoms with Gasteiger partial charge in [0.25, 0.3) is 11.8 Å². The summed E-state index contributed by atoms with van der Waals surface area (Å²) in [6.07, 6.45) is -0.670. The van der Waals surface area contributed by atoms with Gasteiger partial charge in [0.2, 0.25) is 0 Å². The Kier molecular flexibility index (Phi) is 5.98. The fraction of sp³-hybridized carbons (Fsp3) is 0.200. The van der Waals surface area contributed by atoms with Gasteiger partial charge in [-0.05, 0) is 42.8 Å². The summed E-state index contributed by atoms with van der Waals surface area (Å²) in [6.45, 7) is 0.456. The minimum absolute atomic E-state index is 0.00727. The number of halogens is 4. The molecule has 1 aliphatic rings. The van der Waals surface area contributed by atoms with Crippen LogP contribution in [-0.4, -0.2) is 51.0 Å². The van der Waals surface area contributed by atoms with Crippen molar-refractivity contribution in [2.75, 3.05) is 18.4 Å². The van der Waals surface area contributed by atoms with Crippen molar-refractivity contribution in [1.29, 1.82) is 0 Å².